The van der Waals surface area contributed by atoms with Crippen molar-refractivity contribution in [3.8, 4) is 0 Å². The lowest BCUT2D eigenvalue weighted by Crippen LogP contribution is -2.33. The van der Waals surface area contributed by atoms with Crippen molar-refractivity contribution in [3.05, 3.63) is 15.6 Å². The van der Waals surface area contributed by atoms with E-state index in [1.807, 2.05) is 11.3 Å². The SMILES string of the molecule is CCCCN(C)Cc1sc(C)nc1C1CCC2(CC1)CC(C)(C)CO2. The molecule has 3 nitrogen and oxygen atoms in total. The molecule has 0 amide bonds. The Morgan fingerprint density at radius 1 is 1.28 bits per heavy atom. The van der Waals surface area contributed by atoms with Gasteiger partial charge in [0.05, 0.1) is 22.9 Å². The highest BCUT2D eigenvalue weighted by Crippen LogP contribution is 2.50. The molecule has 0 unspecified atom stereocenters. The molecule has 0 radical (unpaired) electrons. The number of unbranched alkanes of at least 4 members (excludes halogenated alkanes) is 1. The number of ether oxygens (including phenoxy) is 1. The van der Waals surface area contributed by atoms with Gasteiger partial charge in [-0.15, -0.1) is 11.3 Å². The standard InChI is InChI=1S/C21H36N2OS/c1-6-7-12-23(5)13-18-19(22-16(2)25-18)17-8-10-21(11-9-17)14-20(3,4)15-24-21/h17H,6-15H2,1-5H3. The van der Waals surface area contributed by atoms with Gasteiger partial charge in [0.25, 0.3) is 0 Å². The fourth-order valence-electron chi connectivity index (χ4n) is 4.73. The molecule has 2 fully saturated rings. The fourth-order valence-corrected chi connectivity index (χ4v) is 5.83. The highest BCUT2D eigenvalue weighted by atomic mass is 32.1. The van der Waals surface area contributed by atoms with E-state index in [9.17, 15) is 0 Å². The van der Waals surface area contributed by atoms with Crippen LogP contribution in [0.2, 0.25) is 0 Å². The molecule has 1 aliphatic carbocycles. The highest BCUT2D eigenvalue weighted by molar-refractivity contribution is 7.11. The topological polar surface area (TPSA) is 25.4 Å². The predicted molar refractivity (Wildman–Crippen MR) is 106 cm³/mol. The minimum absolute atomic E-state index is 0.170. The van der Waals surface area contributed by atoms with Gasteiger partial charge in [0.1, 0.15) is 0 Å². The number of aryl methyl sites for hydroxylation is 1. The lowest BCUT2D eigenvalue weighted by molar-refractivity contribution is -0.0296. The first-order chi connectivity index (χ1) is 11.8. The van der Waals surface area contributed by atoms with E-state index < -0.39 is 0 Å². The number of hydrogen-bond donors (Lipinski definition) is 0. The third-order valence-corrected chi connectivity index (χ3v) is 6.97. The average Bonchev–Trinajstić information content (AvgIpc) is 3.06. The second-order valence-electron chi connectivity index (χ2n) is 9.22. The Morgan fingerprint density at radius 2 is 2.00 bits per heavy atom. The van der Waals surface area contributed by atoms with Gasteiger partial charge in [-0.05, 0) is 64.5 Å². The van der Waals surface area contributed by atoms with Crippen LogP contribution in [0.4, 0.5) is 0 Å². The van der Waals surface area contributed by atoms with Crippen molar-refractivity contribution >= 4 is 11.3 Å². The summed E-state index contributed by atoms with van der Waals surface area (Å²) in [4.78, 5) is 8.93. The Kier molecular flexibility index (Phi) is 5.92. The van der Waals surface area contributed by atoms with Crippen LogP contribution in [0.25, 0.3) is 0 Å². The molecule has 1 aromatic rings. The number of thiazole rings is 1. The molecule has 142 valence electrons. The molecule has 2 heterocycles. The molecule has 0 N–H and O–H groups in total. The molecule has 1 aromatic heterocycles. The van der Waals surface area contributed by atoms with Gasteiger partial charge >= 0.3 is 0 Å². The first-order valence-electron chi connectivity index (χ1n) is 10.1. The first-order valence-corrected chi connectivity index (χ1v) is 10.9. The maximum atomic E-state index is 6.30. The van der Waals surface area contributed by atoms with E-state index in [0.717, 1.165) is 13.2 Å². The number of hydrogen-bond acceptors (Lipinski definition) is 4. The Bertz CT molecular complexity index is 572. The average molecular weight is 365 g/mol. The highest BCUT2D eigenvalue weighted by Gasteiger charge is 2.46. The molecule has 1 spiro atoms. The fraction of sp³-hybridized carbons (Fsp3) is 0.857. The normalized spacial score (nSPS) is 29.0. The summed E-state index contributed by atoms with van der Waals surface area (Å²) in [5.41, 5.74) is 1.93. The zero-order valence-corrected chi connectivity index (χ0v) is 17.7. The molecule has 2 aliphatic rings. The van der Waals surface area contributed by atoms with Gasteiger partial charge in [-0.25, -0.2) is 4.98 Å². The first kappa shape index (κ1) is 19.3. The number of nitrogens with zero attached hydrogens (tertiary/aromatic N) is 2. The quantitative estimate of drug-likeness (QED) is 0.664. The zero-order valence-electron chi connectivity index (χ0n) is 16.9. The van der Waals surface area contributed by atoms with E-state index in [1.54, 1.807) is 0 Å². The monoisotopic (exact) mass is 364 g/mol. The van der Waals surface area contributed by atoms with Gasteiger partial charge in [0, 0.05) is 17.3 Å². The van der Waals surface area contributed by atoms with Crippen molar-refractivity contribution in [2.45, 2.75) is 90.7 Å². The van der Waals surface area contributed by atoms with E-state index in [1.165, 1.54) is 67.1 Å². The van der Waals surface area contributed by atoms with Gasteiger partial charge in [0.2, 0.25) is 0 Å². The lowest BCUT2D eigenvalue weighted by atomic mass is 9.72. The molecule has 0 atom stereocenters. The van der Waals surface area contributed by atoms with Crippen LogP contribution in [0, 0.1) is 12.3 Å². The maximum Gasteiger partial charge on any atom is 0.0900 e. The summed E-state index contributed by atoms with van der Waals surface area (Å²) in [6.07, 6.45) is 8.68. The van der Waals surface area contributed by atoms with Crippen molar-refractivity contribution in [3.63, 3.8) is 0 Å². The van der Waals surface area contributed by atoms with Crippen LogP contribution in [0.15, 0.2) is 0 Å². The smallest absolute Gasteiger partial charge is 0.0900 e. The molecular weight excluding hydrogens is 328 g/mol. The summed E-state index contributed by atoms with van der Waals surface area (Å²) >= 11 is 1.91. The van der Waals surface area contributed by atoms with Crippen molar-refractivity contribution < 1.29 is 4.74 Å². The van der Waals surface area contributed by atoms with Gasteiger partial charge in [0.15, 0.2) is 0 Å². The van der Waals surface area contributed by atoms with Crippen LogP contribution < -0.4 is 0 Å². The molecule has 0 aromatic carbocycles. The van der Waals surface area contributed by atoms with Gasteiger partial charge in [-0.1, -0.05) is 27.2 Å². The van der Waals surface area contributed by atoms with E-state index >= 15 is 0 Å². The van der Waals surface area contributed by atoms with E-state index in [4.69, 9.17) is 9.72 Å². The van der Waals surface area contributed by atoms with Gasteiger partial charge < -0.3 is 9.64 Å². The van der Waals surface area contributed by atoms with Crippen molar-refractivity contribution in [2.75, 3.05) is 20.2 Å². The van der Waals surface area contributed by atoms with Gasteiger partial charge in [-0.2, -0.15) is 0 Å². The third-order valence-electron chi connectivity index (χ3n) is 5.99. The second kappa shape index (κ2) is 7.66. The van der Waals surface area contributed by atoms with Crippen LogP contribution in [0.5, 0.6) is 0 Å². The van der Waals surface area contributed by atoms with Crippen LogP contribution in [0.1, 0.15) is 87.2 Å². The Labute approximate surface area is 158 Å². The molecule has 1 saturated heterocycles. The molecule has 3 rings (SSSR count). The Morgan fingerprint density at radius 3 is 2.60 bits per heavy atom. The molecule has 1 saturated carbocycles. The van der Waals surface area contributed by atoms with Crippen LogP contribution in [-0.2, 0) is 11.3 Å². The predicted octanol–water partition coefficient (Wildman–Crippen LogP) is 5.53. The Hall–Kier alpha value is -0.450. The molecular formula is C21H36N2OS. The maximum absolute atomic E-state index is 6.30. The van der Waals surface area contributed by atoms with E-state index in [0.29, 0.717) is 11.3 Å². The van der Waals surface area contributed by atoms with Crippen molar-refractivity contribution in [1.29, 1.82) is 0 Å². The summed E-state index contributed by atoms with van der Waals surface area (Å²) in [5, 5.41) is 1.23. The van der Waals surface area contributed by atoms with E-state index in [-0.39, 0.29) is 5.60 Å². The molecule has 25 heavy (non-hydrogen) atoms. The van der Waals surface area contributed by atoms with E-state index in [2.05, 4.69) is 39.6 Å². The summed E-state index contributed by atoms with van der Waals surface area (Å²) in [5.74, 6) is 0.637. The van der Waals surface area contributed by atoms with Crippen LogP contribution in [-0.4, -0.2) is 35.7 Å². The lowest BCUT2D eigenvalue weighted by Gasteiger charge is -2.37. The second-order valence-corrected chi connectivity index (χ2v) is 10.5. The summed E-state index contributed by atoms with van der Waals surface area (Å²) in [6.45, 7) is 12.3. The molecule has 0 bridgehead atoms. The largest absolute Gasteiger partial charge is 0.374 e. The third kappa shape index (κ3) is 4.64. The summed E-state index contributed by atoms with van der Waals surface area (Å²) < 4.78 is 6.30. The zero-order chi connectivity index (χ0) is 18.1. The van der Waals surface area contributed by atoms with Crippen molar-refractivity contribution in [1.82, 2.24) is 9.88 Å². The van der Waals surface area contributed by atoms with Crippen LogP contribution >= 0.6 is 11.3 Å². The number of rotatable bonds is 6. The van der Waals surface area contributed by atoms with Gasteiger partial charge in [-0.3, -0.25) is 0 Å². The summed E-state index contributed by atoms with van der Waals surface area (Å²) in [6, 6.07) is 0. The minimum Gasteiger partial charge on any atom is -0.374 e. The summed E-state index contributed by atoms with van der Waals surface area (Å²) in [7, 11) is 2.25. The molecule has 1 aliphatic heterocycles. The van der Waals surface area contributed by atoms with Crippen molar-refractivity contribution in [2.24, 2.45) is 5.41 Å². The minimum atomic E-state index is 0.170. The Balaban J connectivity index is 1.63. The molecule has 4 heteroatoms. The number of aromatic nitrogens is 1. The van der Waals surface area contributed by atoms with Crippen LogP contribution in [0.3, 0.4) is 0 Å².